The molecular weight excluding hydrogens is 618 g/mol. The predicted octanol–water partition coefficient (Wildman–Crippen LogP) is 3.86. The van der Waals surface area contributed by atoms with Crippen LogP contribution in [-0.4, -0.2) is 58.3 Å². The monoisotopic (exact) mass is 655 g/mol. The molecule has 13 nitrogen and oxygen atoms in total. The number of hydrogen-bond acceptors (Lipinski definition) is 11. The molecule has 2 aromatic carbocycles. The highest BCUT2D eigenvalue weighted by Gasteiger charge is 2.61. The molecule has 250 valence electrons. The van der Waals surface area contributed by atoms with E-state index in [-0.39, 0.29) is 35.5 Å². The van der Waals surface area contributed by atoms with Crippen LogP contribution in [0.5, 0.6) is 5.75 Å². The van der Waals surface area contributed by atoms with Crippen LogP contribution in [-0.2, 0) is 26.2 Å². The van der Waals surface area contributed by atoms with Crippen LogP contribution >= 0.6 is 0 Å². The van der Waals surface area contributed by atoms with Gasteiger partial charge in [0.25, 0.3) is 0 Å². The Bertz CT molecular complexity index is 1940. The first kappa shape index (κ1) is 31.4. The minimum Gasteiger partial charge on any atom is -0.469 e. The van der Waals surface area contributed by atoms with E-state index in [4.69, 9.17) is 23.3 Å². The number of hydrogen-bond donors (Lipinski definition) is 4. The van der Waals surface area contributed by atoms with Crippen molar-refractivity contribution in [3.05, 3.63) is 82.8 Å². The van der Waals surface area contributed by atoms with Gasteiger partial charge in [-0.25, -0.2) is 14.8 Å². The van der Waals surface area contributed by atoms with E-state index in [9.17, 15) is 19.5 Å². The maximum atomic E-state index is 14.1. The smallest absolute Gasteiger partial charge is 0.360 e. The number of para-hydroxylation sites is 1. The van der Waals surface area contributed by atoms with E-state index in [2.05, 4.69) is 20.9 Å². The zero-order chi connectivity index (χ0) is 34.1. The van der Waals surface area contributed by atoms with Crippen LogP contribution in [0, 0.1) is 11.3 Å². The second-order valence-electron chi connectivity index (χ2n) is 13.8. The standard InChI is InChI=1S/C35H37N5O8/c1-16(2)25(41)29(43)36-21-14-17-11-12-23-19(13-17)35(18-9-7-8-10-20(18)38-33(35)47-23)27-24(30-37-22(15-46-30)32(44)45-6)39-31(48-27)26(34(3,4)5)40-28(21)42/h7-13,15-16,21,25-26,33,38,41H,14H2,1-6H3,(H,36,43)(H,40,42)/t21-,25-,26?,33?,35+/m0/s1. The lowest BCUT2D eigenvalue weighted by Gasteiger charge is -2.32. The van der Waals surface area contributed by atoms with Crippen LogP contribution < -0.4 is 20.7 Å². The first-order valence-corrected chi connectivity index (χ1v) is 15.8. The van der Waals surface area contributed by atoms with Crippen molar-refractivity contribution in [1.82, 2.24) is 20.6 Å². The normalized spacial score (nSPS) is 23.1. The number of carbonyl (C=O) groups is 3. The zero-order valence-electron chi connectivity index (χ0n) is 27.4. The number of aliphatic hydroxyl groups is 1. The van der Waals surface area contributed by atoms with Crippen molar-refractivity contribution in [3.63, 3.8) is 0 Å². The fraction of sp³-hybridized carbons (Fsp3) is 0.400. The molecule has 0 saturated heterocycles. The van der Waals surface area contributed by atoms with Crippen molar-refractivity contribution in [2.45, 2.75) is 70.9 Å². The Balaban J connectivity index is 1.49. The summed E-state index contributed by atoms with van der Waals surface area (Å²) in [6.45, 7) is 9.24. The largest absolute Gasteiger partial charge is 0.469 e. The van der Waals surface area contributed by atoms with Gasteiger partial charge in [-0.15, -0.1) is 0 Å². The van der Waals surface area contributed by atoms with Crippen LogP contribution in [0.2, 0.25) is 0 Å². The average Bonchev–Trinajstić information content (AvgIpc) is 3.82. The lowest BCUT2D eigenvalue weighted by Crippen LogP contribution is -2.53. The Labute approximate surface area is 276 Å². The van der Waals surface area contributed by atoms with Gasteiger partial charge < -0.3 is 39.4 Å². The molecule has 4 N–H and O–H groups in total. The Morgan fingerprint density at radius 3 is 2.60 bits per heavy atom. The minimum absolute atomic E-state index is 0.0178. The maximum Gasteiger partial charge on any atom is 0.360 e. The molecular formula is C35H37N5O8. The number of esters is 1. The van der Waals surface area contributed by atoms with Crippen molar-refractivity contribution < 1.29 is 37.8 Å². The van der Waals surface area contributed by atoms with Crippen LogP contribution in [0.25, 0.3) is 11.6 Å². The third-order valence-electron chi connectivity index (χ3n) is 9.22. The molecule has 1 spiro atoms. The van der Waals surface area contributed by atoms with Gasteiger partial charge in [-0.1, -0.05) is 65.0 Å². The van der Waals surface area contributed by atoms with E-state index in [1.807, 2.05) is 63.2 Å². The Hall–Kier alpha value is -5.17. The number of aliphatic hydroxyl groups excluding tert-OH is 1. The summed E-state index contributed by atoms with van der Waals surface area (Å²) < 4.78 is 24.1. The van der Waals surface area contributed by atoms with Gasteiger partial charge in [-0.3, -0.25) is 9.59 Å². The Morgan fingerprint density at radius 1 is 1.10 bits per heavy atom. The van der Waals surface area contributed by atoms with Crippen LogP contribution in [0.4, 0.5) is 5.69 Å². The van der Waals surface area contributed by atoms with Crippen molar-refractivity contribution in [1.29, 1.82) is 0 Å². The lowest BCUT2D eigenvalue weighted by molar-refractivity contribution is -0.136. The van der Waals surface area contributed by atoms with Crippen molar-refractivity contribution >= 4 is 23.5 Å². The van der Waals surface area contributed by atoms with Crippen molar-refractivity contribution in [2.75, 3.05) is 12.4 Å². The molecule has 13 heteroatoms. The van der Waals surface area contributed by atoms with Gasteiger partial charge in [-0.05, 0) is 34.6 Å². The SMILES string of the molecule is COC(=O)c1coc(-c2nc3oc2[C@]24c5ccccc5NC2Oc2ccc(cc24)C[C@H](NC(=O)[C@@H](O)C(C)C)C(=O)NC3C(C)(C)C)n1. The second kappa shape index (κ2) is 11.2. The molecule has 5 atom stereocenters. The number of methoxy groups -OCH3 is 1. The van der Waals surface area contributed by atoms with E-state index in [0.29, 0.717) is 11.5 Å². The fourth-order valence-corrected chi connectivity index (χ4v) is 6.70. The van der Waals surface area contributed by atoms with Gasteiger partial charge >= 0.3 is 5.97 Å². The summed E-state index contributed by atoms with van der Waals surface area (Å²) in [4.78, 5) is 48.9. The topological polar surface area (TPSA) is 178 Å². The van der Waals surface area contributed by atoms with Gasteiger partial charge in [0, 0.05) is 17.7 Å². The third-order valence-corrected chi connectivity index (χ3v) is 9.22. The number of aromatic nitrogens is 2. The van der Waals surface area contributed by atoms with E-state index >= 15 is 0 Å². The summed E-state index contributed by atoms with van der Waals surface area (Å²) in [5.41, 5.74) is 1.57. The van der Waals surface area contributed by atoms with Crippen molar-refractivity contribution in [3.8, 4) is 17.3 Å². The quantitative estimate of drug-likeness (QED) is 0.230. The number of fused-ring (bicyclic) bond motifs is 4. The number of oxazole rings is 2. The molecule has 2 amide bonds. The van der Waals surface area contributed by atoms with Gasteiger partial charge in [0.15, 0.2) is 23.4 Å². The molecule has 48 heavy (non-hydrogen) atoms. The second-order valence-corrected chi connectivity index (χ2v) is 13.8. The number of nitrogens with one attached hydrogen (secondary N) is 3. The summed E-state index contributed by atoms with van der Waals surface area (Å²) >= 11 is 0. The summed E-state index contributed by atoms with van der Waals surface area (Å²) in [7, 11) is 1.25. The van der Waals surface area contributed by atoms with E-state index in [0.717, 1.165) is 22.4 Å². The Kier molecular flexibility index (Phi) is 7.35. The highest BCUT2D eigenvalue weighted by atomic mass is 16.5. The number of anilines is 1. The zero-order valence-corrected chi connectivity index (χ0v) is 27.4. The molecule has 0 saturated carbocycles. The lowest BCUT2D eigenvalue weighted by atomic mass is 9.72. The molecule has 0 radical (unpaired) electrons. The molecule has 2 unspecified atom stereocenters. The van der Waals surface area contributed by atoms with Crippen LogP contribution in [0.3, 0.4) is 0 Å². The van der Waals surface area contributed by atoms with E-state index < -0.39 is 53.0 Å². The van der Waals surface area contributed by atoms with Gasteiger partial charge in [-0.2, -0.15) is 0 Å². The van der Waals surface area contributed by atoms with E-state index in [1.54, 1.807) is 13.8 Å². The molecule has 0 fully saturated rings. The highest BCUT2D eigenvalue weighted by molar-refractivity contribution is 5.90. The summed E-state index contributed by atoms with van der Waals surface area (Å²) in [5, 5.41) is 19.9. The molecule has 2 aromatic heterocycles. The van der Waals surface area contributed by atoms with Crippen LogP contribution in [0.1, 0.15) is 79.5 Å². The molecule has 4 bridgehead atoms. The number of carbonyl (C=O) groups excluding carboxylic acids is 3. The maximum absolute atomic E-state index is 14.1. The van der Waals surface area contributed by atoms with Gasteiger partial charge in [0.2, 0.25) is 23.6 Å². The molecule has 3 aliphatic rings. The molecule has 3 aliphatic heterocycles. The van der Waals surface area contributed by atoms with Gasteiger partial charge in [0.05, 0.1) is 7.11 Å². The Morgan fingerprint density at radius 2 is 1.88 bits per heavy atom. The highest BCUT2D eigenvalue weighted by Crippen LogP contribution is 2.59. The predicted molar refractivity (Wildman–Crippen MR) is 171 cm³/mol. The van der Waals surface area contributed by atoms with Gasteiger partial charge in [0.1, 0.15) is 35.6 Å². The molecule has 0 aliphatic carbocycles. The summed E-state index contributed by atoms with van der Waals surface area (Å²) in [6.07, 6.45) is -0.646. The molecule has 4 aromatic rings. The molecule has 5 heterocycles. The number of ether oxygens (including phenoxy) is 2. The summed E-state index contributed by atoms with van der Waals surface area (Å²) in [5.74, 6) is -1.06. The molecule has 7 rings (SSSR count). The number of rotatable bonds is 5. The first-order valence-electron chi connectivity index (χ1n) is 15.8. The average molecular weight is 656 g/mol. The first-order chi connectivity index (χ1) is 22.8. The number of benzene rings is 2. The fourth-order valence-electron chi connectivity index (χ4n) is 6.70. The summed E-state index contributed by atoms with van der Waals surface area (Å²) in [6, 6.07) is 11.6. The van der Waals surface area contributed by atoms with Crippen LogP contribution in [0.15, 0.2) is 57.6 Å². The van der Waals surface area contributed by atoms with E-state index in [1.165, 1.54) is 13.4 Å². The minimum atomic E-state index is -1.30. The third kappa shape index (κ3) is 4.83. The number of nitrogens with zero attached hydrogens (tertiary/aromatic N) is 2. The van der Waals surface area contributed by atoms with Crippen molar-refractivity contribution in [2.24, 2.45) is 11.3 Å². The number of amides is 2.